The topological polar surface area (TPSA) is 17.1 Å². The fourth-order valence-electron chi connectivity index (χ4n) is 1.28. The minimum atomic E-state index is 0.354. The number of ketones is 1. The molecule has 0 fully saturated rings. The molecule has 0 spiro atoms. The highest BCUT2D eigenvalue weighted by Crippen LogP contribution is 2.24. The van der Waals surface area contributed by atoms with Crippen molar-refractivity contribution in [1.82, 2.24) is 0 Å². The maximum absolute atomic E-state index is 10.9. The van der Waals surface area contributed by atoms with Gasteiger partial charge in [-0.2, -0.15) is 0 Å². The number of rotatable bonds is 1. The first-order valence-corrected chi connectivity index (χ1v) is 3.47. The minimum absolute atomic E-state index is 0.354. The Morgan fingerprint density at radius 3 is 2.33 bits per heavy atom. The highest BCUT2D eigenvalue weighted by molar-refractivity contribution is 5.98. The Morgan fingerprint density at radius 1 is 1.44 bits per heavy atom. The molecule has 0 radical (unpaired) electrons. The van der Waals surface area contributed by atoms with Crippen molar-refractivity contribution in [3.8, 4) is 0 Å². The van der Waals surface area contributed by atoms with E-state index in [2.05, 4.69) is 6.92 Å². The SMILES string of the molecule is CCC1=C(C)C(=O)CC1. The van der Waals surface area contributed by atoms with Crippen LogP contribution in [0.3, 0.4) is 0 Å². The van der Waals surface area contributed by atoms with Crippen molar-refractivity contribution < 1.29 is 4.79 Å². The third-order valence-electron chi connectivity index (χ3n) is 2.03. The second kappa shape index (κ2) is 2.34. The smallest absolute Gasteiger partial charge is 0.158 e. The van der Waals surface area contributed by atoms with Crippen LogP contribution in [0.2, 0.25) is 0 Å². The second-order valence-corrected chi connectivity index (χ2v) is 2.51. The number of Topliss-reactive ketones (excluding diaryl/α,β-unsaturated/α-hetero) is 1. The second-order valence-electron chi connectivity index (χ2n) is 2.51. The van der Waals surface area contributed by atoms with Crippen LogP contribution < -0.4 is 0 Å². The zero-order chi connectivity index (χ0) is 6.85. The molecule has 0 heterocycles. The van der Waals surface area contributed by atoms with Gasteiger partial charge in [0.1, 0.15) is 0 Å². The van der Waals surface area contributed by atoms with E-state index >= 15 is 0 Å². The zero-order valence-electron chi connectivity index (χ0n) is 6.03. The normalized spacial score (nSPS) is 19.6. The summed E-state index contributed by atoms with van der Waals surface area (Å²) in [5, 5.41) is 0. The van der Waals surface area contributed by atoms with Crippen molar-refractivity contribution in [3.63, 3.8) is 0 Å². The number of hydrogen-bond donors (Lipinski definition) is 0. The summed E-state index contributed by atoms with van der Waals surface area (Å²) in [5.74, 6) is 0.354. The van der Waals surface area contributed by atoms with Gasteiger partial charge in [0.2, 0.25) is 0 Å². The number of carbonyl (C=O) groups excluding carboxylic acids is 1. The molecule has 0 unspecified atom stereocenters. The molecular formula is C8H12O. The largest absolute Gasteiger partial charge is 0.295 e. The summed E-state index contributed by atoms with van der Waals surface area (Å²) in [7, 11) is 0. The van der Waals surface area contributed by atoms with Gasteiger partial charge in [0.05, 0.1) is 0 Å². The van der Waals surface area contributed by atoms with Crippen LogP contribution in [0.5, 0.6) is 0 Å². The Hall–Kier alpha value is -0.590. The lowest BCUT2D eigenvalue weighted by molar-refractivity contribution is -0.114. The zero-order valence-corrected chi connectivity index (χ0v) is 6.03. The van der Waals surface area contributed by atoms with E-state index in [0.717, 1.165) is 24.8 Å². The predicted octanol–water partition coefficient (Wildman–Crippen LogP) is 2.08. The highest BCUT2D eigenvalue weighted by atomic mass is 16.1. The molecule has 1 rings (SSSR count). The Morgan fingerprint density at radius 2 is 2.11 bits per heavy atom. The predicted molar refractivity (Wildman–Crippen MR) is 37.2 cm³/mol. The summed E-state index contributed by atoms with van der Waals surface area (Å²) in [6, 6.07) is 0. The van der Waals surface area contributed by atoms with E-state index in [9.17, 15) is 4.79 Å². The fourth-order valence-corrected chi connectivity index (χ4v) is 1.28. The summed E-state index contributed by atoms with van der Waals surface area (Å²) in [4.78, 5) is 10.9. The molecule has 1 nitrogen and oxygen atoms in total. The molecule has 1 heteroatoms. The van der Waals surface area contributed by atoms with Gasteiger partial charge in [0.25, 0.3) is 0 Å². The maximum atomic E-state index is 10.9. The molecule has 0 aromatic heterocycles. The molecule has 0 amide bonds. The van der Waals surface area contributed by atoms with E-state index in [1.165, 1.54) is 5.57 Å². The third kappa shape index (κ3) is 1.04. The highest BCUT2D eigenvalue weighted by Gasteiger charge is 2.16. The molecule has 1 aliphatic rings. The van der Waals surface area contributed by atoms with E-state index in [0.29, 0.717) is 5.78 Å². The molecule has 50 valence electrons. The van der Waals surface area contributed by atoms with Crippen LogP contribution in [-0.2, 0) is 4.79 Å². The van der Waals surface area contributed by atoms with Gasteiger partial charge in [-0.15, -0.1) is 0 Å². The van der Waals surface area contributed by atoms with Gasteiger partial charge >= 0.3 is 0 Å². The molecule has 0 saturated heterocycles. The molecule has 0 aliphatic heterocycles. The molecule has 0 N–H and O–H groups in total. The lowest BCUT2D eigenvalue weighted by Crippen LogP contribution is -1.89. The van der Waals surface area contributed by atoms with Crippen molar-refractivity contribution in [2.75, 3.05) is 0 Å². The van der Waals surface area contributed by atoms with E-state index in [4.69, 9.17) is 0 Å². The maximum Gasteiger partial charge on any atom is 0.158 e. The number of carbonyl (C=O) groups is 1. The first kappa shape index (κ1) is 6.53. The summed E-state index contributed by atoms with van der Waals surface area (Å²) < 4.78 is 0. The molecule has 0 atom stereocenters. The Bertz CT molecular complexity index is 165. The van der Waals surface area contributed by atoms with Gasteiger partial charge in [0.15, 0.2) is 5.78 Å². The van der Waals surface area contributed by atoms with Gasteiger partial charge in [-0.1, -0.05) is 12.5 Å². The van der Waals surface area contributed by atoms with Crippen LogP contribution in [0.15, 0.2) is 11.1 Å². The van der Waals surface area contributed by atoms with Crippen molar-refractivity contribution in [2.45, 2.75) is 33.1 Å². The van der Waals surface area contributed by atoms with Crippen LogP contribution in [-0.4, -0.2) is 5.78 Å². The quantitative estimate of drug-likeness (QED) is 0.523. The average Bonchev–Trinajstić information content (AvgIpc) is 2.15. The molecule has 0 aromatic carbocycles. The van der Waals surface area contributed by atoms with Gasteiger partial charge in [-0.25, -0.2) is 0 Å². The number of allylic oxidation sites excluding steroid dienone is 2. The van der Waals surface area contributed by atoms with Crippen LogP contribution in [0.1, 0.15) is 33.1 Å². The Balaban J connectivity index is 2.79. The lowest BCUT2D eigenvalue weighted by Gasteiger charge is -1.93. The van der Waals surface area contributed by atoms with Crippen molar-refractivity contribution in [2.24, 2.45) is 0 Å². The monoisotopic (exact) mass is 124 g/mol. The van der Waals surface area contributed by atoms with Crippen LogP contribution >= 0.6 is 0 Å². The molecule has 9 heavy (non-hydrogen) atoms. The number of hydrogen-bond acceptors (Lipinski definition) is 1. The molecule has 0 saturated carbocycles. The van der Waals surface area contributed by atoms with Crippen LogP contribution in [0, 0.1) is 0 Å². The molecule has 1 aliphatic carbocycles. The first-order valence-electron chi connectivity index (χ1n) is 3.47. The summed E-state index contributed by atoms with van der Waals surface area (Å²) in [6.45, 7) is 4.05. The Kier molecular flexibility index (Phi) is 1.70. The van der Waals surface area contributed by atoms with E-state index in [-0.39, 0.29) is 0 Å². The first-order chi connectivity index (χ1) is 4.25. The minimum Gasteiger partial charge on any atom is -0.295 e. The summed E-state index contributed by atoms with van der Waals surface area (Å²) >= 11 is 0. The third-order valence-corrected chi connectivity index (χ3v) is 2.03. The van der Waals surface area contributed by atoms with Crippen LogP contribution in [0.4, 0.5) is 0 Å². The van der Waals surface area contributed by atoms with Crippen LogP contribution in [0.25, 0.3) is 0 Å². The van der Waals surface area contributed by atoms with Crippen molar-refractivity contribution >= 4 is 5.78 Å². The summed E-state index contributed by atoms with van der Waals surface area (Å²) in [6.07, 6.45) is 2.83. The average molecular weight is 124 g/mol. The van der Waals surface area contributed by atoms with Gasteiger partial charge < -0.3 is 0 Å². The van der Waals surface area contributed by atoms with E-state index < -0.39 is 0 Å². The molecule has 0 aromatic rings. The summed E-state index contributed by atoms with van der Waals surface area (Å²) in [5.41, 5.74) is 2.39. The van der Waals surface area contributed by atoms with Crippen molar-refractivity contribution in [1.29, 1.82) is 0 Å². The van der Waals surface area contributed by atoms with Gasteiger partial charge in [-0.05, 0) is 25.3 Å². The fraction of sp³-hybridized carbons (Fsp3) is 0.625. The molecular weight excluding hydrogens is 112 g/mol. The van der Waals surface area contributed by atoms with E-state index in [1.807, 2.05) is 6.92 Å². The van der Waals surface area contributed by atoms with Gasteiger partial charge in [-0.3, -0.25) is 4.79 Å². The Labute approximate surface area is 55.8 Å². The standard InChI is InChI=1S/C8H12O/c1-3-7-4-5-8(9)6(7)2/h3-5H2,1-2H3. The van der Waals surface area contributed by atoms with Crippen molar-refractivity contribution in [3.05, 3.63) is 11.1 Å². The van der Waals surface area contributed by atoms with E-state index in [1.54, 1.807) is 0 Å². The lowest BCUT2D eigenvalue weighted by atomic mass is 10.1. The molecule has 0 bridgehead atoms. The van der Waals surface area contributed by atoms with Gasteiger partial charge in [0, 0.05) is 6.42 Å².